The Kier molecular flexibility index (Phi) is 62.1. The van der Waals surface area contributed by atoms with E-state index in [4.69, 9.17) is 11.8 Å². The quantitative estimate of drug-likeness (QED) is 0.362. The Morgan fingerprint density at radius 3 is 1.64 bits per heavy atom. The van der Waals surface area contributed by atoms with Crippen molar-refractivity contribution in [3.05, 3.63) is 29.5 Å². The zero-order valence-electron chi connectivity index (χ0n) is 9.39. The van der Waals surface area contributed by atoms with Crippen molar-refractivity contribution in [2.75, 3.05) is 0 Å². The van der Waals surface area contributed by atoms with Crippen molar-refractivity contribution in [1.29, 1.82) is 5.26 Å². The predicted molar refractivity (Wildman–Crippen MR) is 51.5 cm³/mol. The molecule has 0 aromatic carbocycles. The number of hydrogen-bond acceptors (Lipinski definition) is 2. The van der Waals surface area contributed by atoms with E-state index in [9.17, 15) is 0 Å². The molecule has 1 nitrogen and oxygen atoms in total. The summed E-state index contributed by atoms with van der Waals surface area (Å²) in [6.45, 7) is 4.75. The summed E-state index contributed by atoms with van der Waals surface area (Å²) >= 11 is 1.04. The topological polar surface area (TPSA) is 23.8 Å². The molecule has 0 aliphatic heterocycles. The van der Waals surface area contributed by atoms with E-state index >= 15 is 0 Å². The number of thiophene rings is 1. The van der Waals surface area contributed by atoms with Gasteiger partial charge in [0.2, 0.25) is 0 Å². The second-order valence-corrected chi connectivity index (χ2v) is 11.5. The Bertz CT molecular complexity index is 140. The van der Waals surface area contributed by atoms with Crippen molar-refractivity contribution in [3.63, 3.8) is 0 Å². The minimum Gasteiger partial charge on any atom is -0.304 e. The van der Waals surface area contributed by atoms with Gasteiger partial charge < -0.3 is 23.2 Å². The fourth-order valence-electron chi connectivity index (χ4n) is 0.196. The van der Waals surface area contributed by atoms with Crippen molar-refractivity contribution in [3.8, 4) is 0 Å². The summed E-state index contributed by atoms with van der Waals surface area (Å²) in [5.74, 6) is 0. The minimum atomic E-state index is -0.543. The fraction of sp³-hybridized carbons (Fsp3) is 0.375. The molecule has 0 N–H and O–H groups in total. The molecule has 0 aliphatic rings. The molecule has 1 aromatic heterocycles. The summed E-state index contributed by atoms with van der Waals surface area (Å²) in [5.41, 5.74) is 0. The smallest absolute Gasteiger partial charge is 0.304 e. The van der Waals surface area contributed by atoms with Gasteiger partial charge >= 0.3 is 72.3 Å². The molecule has 0 unspecified atom stereocenters. The van der Waals surface area contributed by atoms with Crippen LogP contribution in [0.4, 0.5) is 0 Å². The molecule has 0 saturated heterocycles. The molecule has 1 heterocycles. The van der Waals surface area contributed by atoms with Crippen molar-refractivity contribution in [2.45, 2.75) is 14.8 Å². The Morgan fingerprint density at radius 2 is 1.57 bits per heavy atom. The van der Waals surface area contributed by atoms with Crippen LogP contribution < -0.4 is 37.7 Å². The van der Waals surface area contributed by atoms with Gasteiger partial charge in [0.25, 0.3) is 0 Å². The van der Waals surface area contributed by atoms with E-state index in [-0.39, 0.29) is 54.8 Å². The van der Waals surface area contributed by atoms with Crippen LogP contribution in [0.15, 0.2) is 17.5 Å². The van der Waals surface area contributed by atoms with Crippen molar-refractivity contribution in [1.82, 2.24) is 0 Å². The number of nitrogens with zero attached hydrogens (tertiary/aromatic N) is 1. The molecule has 1 aromatic rings. The molecule has 14 heavy (non-hydrogen) atoms. The van der Waals surface area contributed by atoms with Gasteiger partial charge in [-0.3, -0.25) is 0 Å². The van der Waals surface area contributed by atoms with Crippen molar-refractivity contribution >= 4 is 31.1 Å². The van der Waals surface area contributed by atoms with Crippen LogP contribution >= 0.6 is 11.3 Å². The summed E-state index contributed by atoms with van der Waals surface area (Å²) in [5, 5.41) is 11.1. The van der Waals surface area contributed by atoms with Crippen LogP contribution in [-0.4, -0.2) is 19.8 Å². The standard InChI is InChI=1S/C4H3S.CN.3CH3.Cu.2Li.Sn/c1-2-4-5-3-1;1-2;;;;;;;/h1-3H;;3*1H3;;;;/q2*-1;;;;;2*+1;. The van der Waals surface area contributed by atoms with E-state index in [1.54, 1.807) is 11.3 Å². The monoisotopic (exact) mass is 351 g/mol. The Balaban J connectivity index is -0.0000000282. The Labute approximate surface area is 134 Å². The second-order valence-electron chi connectivity index (χ2n) is 2.23. The van der Waals surface area contributed by atoms with Crippen LogP contribution in [0.3, 0.4) is 0 Å². The van der Waals surface area contributed by atoms with Gasteiger partial charge in [-0.15, -0.1) is 5.38 Å². The first kappa shape index (κ1) is 29.6. The van der Waals surface area contributed by atoms with Crippen LogP contribution in [0.25, 0.3) is 0 Å². The SMILES string of the molecule is [C-]#N.[CH3][Sn]([CH3])[CH3].[Cu].[Li+].[Li+].[c-]1cccs1. The zero-order valence-corrected chi connectivity index (χ0v) is 14.0. The first-order chi connectivity index (χ1) is 5.23. The first-order valence-electron chi connectivity index (χ1n) is 3.12. The normalized spacial score (nSPS) is 5.57. The van der Waals surface area contributed by atoms with E-state index < -0.39 is 19.8 Å². The van der Waals surface area contributed by atoms with E-state index in [0.717, 1.165) is 0 Å². The van der Waals surface area contributed by atoms with Gasteiger partial charge in [0, 0.05) is 17.1 Å². The Morgan fingerprint density at radius 1 is 1.21 bits per heavy atom. The third-order valence-electron chi connectivity index (χ3n) is 0.379. The van der Waals surface area contributed by atoms with Crippen LogP contribution in [0.1, 0.15) is 0 Å². The minimum absolute atomic E-state index is 0. The van der Waals surface area contributed by atoms with Crippen molar-refractivity contribution in [2.24, 2.45) is 0 Å². The van der Waals surface area contributed by atoms with Gasteiger partial charge in [0.15, 0.2) is 0 Å². The van der Waals surface area contributed by atoms with Crippen LogP contribution in [-0.2, 0) is 17.1 Å². The van der Waals surface area contributed by atoms with E-state index in [1.165, 1.54) is 0 Å². The molecule has 0 fully saturated rings. The molecule has 2 radical (unpaired) electrons. The van der Waals surface area contributed by atoms with Crippen molar-refractivity contribution < 1.29 is 54.8 Å². The van der Waals surface area contributed by atoms with Gasteiger partial charge in [-0.05, 0) is 0 Å². The Hall–Kier alpha value is 1.70. The molecule has 0 spiro atoms. The predicted octanol–water partition coefficient (Wildman–Crippen LogP) is -2.98. The fourth-order valence-corrected chi connectivity index (χ4v) is 0.589. The summed E-state index contributed by atoms with van der Waals surface area (Å²) in [6, 6.07) is 3.86. The van der Waals surface area contributed by atoms with Crippen LogP contribution in [0.5, 0.6) is 0 Å². The molecule has 6 heteroatoms. The van der Waals surface area contributed by atoms with E-state index in [0.29, 0.717) is 0 Å². The second kappa shape index (κ2) is 29.3. The average Bonchev–Trinajstić information content (AvgIpc) is 2.44. The number of rotatable bonds is 0. The molecule has 1 rings (SSSR count). The molecule has 0 bridgehead atoms. The van der Waals surface area contributed by atoms with E-state index in [2.05, 4.69) is 20.2 Å². The molecule has 0 atom stereocenters. The maximum absolute atomic E-state index is 6.25. The molecule has 0 aliphatic carbocycles. The summed E-state index contributed by atoms with van der Waals surface area (Å²) in [4.78, 5) is 7.09. The molecular formula is C8H12CuLi2NSSn. The molecule has 0 amide bonds. The largest absolute Gasteiger partial charge is 1.00 e. The molecule has 72 valence electrons. The van der Waals surface area contributed by atoms with Crippen LogP contribution in [0.2, 0.25) is 14.8 Å². The van der Waals surface area contributed by atoms with Crippen LogP contribution in [0, 0.1) is 17.2 Å². The van der Waals surface area contributed by atoms with Gasteiger partial charge in [0.05, 0.1) is 0 Å². The average molecular weight is 350 g/mol. The maximum Gasteiger partial charge on any atom is 1.00 e. The first-order valence-corrected chi connectivity index (χ1v) is 12.6. The van der Waals surface area contributed by atoms with Gasteiger partial charge in [-0.2, -0.15) is 11.4 Å². The summed E-state index contributed by atoms with van der Waals surface area (Å²) < 4.78 is 0. The molecule has 0 saturated carbocycles. The van der Waals surface area contributed by atoms with Gasteiger partial charge in [-0.25, -0.2) is 6.07 Å². The summed E-state index contributed by atoms with van der Waals surface area (Å²) in [6.07, 6.45) is 0. The van der Waals surface area contributed by atoms with Gasteiger partial charge in [0.1, 0.15) is 0 Å². The maximum atomic E-state index is 6.25. The van der Waals surface area contributed by atoms with Gasteiger partial charge in [-0.1, -0.05) is 0 Å². The summed E-state index contributed by atoms with van der Waals surface area (Å²) in [7, 11) is 0. The third kappa shape index (κ3) is 49.2. The third-order valence-corrected chi connectivity index (χ3v) is 0.944. The number of hydrogen-bond donors (Lipinski definition) is 0. The van der Waals surface area contributed by atoms with E-state index in [1.807, 2.05) is 17.5 Å². The zero-order chi connectivity index (χ0) is 9.11. The molecular weight excluding hydrogens is 338 g/mol.